The topological polar surface area (TPSA) is 18.5 Å². The van der Waals surface area contributed by atoms with Crippen molar-refractivity contribution in [2.75, 3.05) is 0 Å². The fourth-order valence-corrected chi connectivity index (χ4v) is 2.70. The molecule has 0 N–H and O–H groups in total. The second-order valence-electron chi connectivity index (χ2n) is 5.35. The highest BCUT2D eigenvalue weighted by molar-refractivity contribution is 14.1. The normalized spacial score (nSPS) is 21.4. The lowest BCUT2D eigenvalue weighted by Crippen LogP contribution is -2.41. The van der Waals surface area contributed by atoms with Crippen LogP contribution >= 0.6 is 38.5 Å². The van der Waals surface area contributed by atoms with Crippen molar-refractivity contribution >= 4 is 51.1 Å². The Morgan fingerprint density at radius 1 is 1.17 bits per heavy atom. The quantitative estimate of drug-likeness (QED) is 0.389. The zero-order valence-electron chi connectivity index (χ0n) is 10.7. The summed E-state index contributed by atoms with van der Waals surface area (Å²) in [4.78, 5) is 0. The molecule has 0 aliphatic carbocycles. The minimum atomic E-state index is -0.681. The number of halogens is 3. The van der Waals surface area contributed by atoms with Crippen LogP contribution in [0.3, 0.4) is 0 Å². The molecule has 18 heavy (non-hydrogen) atoms. The molecule has 0 amide bonds. The lowest BCUT2D eigenvalue weighted by atomic mass is 9.79. The third kappa shape index (κ3) is 2.36. The number of hydrogen-bond acceptors (Lipinski definition) is 2. The molecule has 1 aromatic carbocycles. The fourth-order valence-electron chi connectivity index (χ4n) is 1.72. The highest BCUT2D eigenvalue weighted by Gasteiger charge is 2.53. The summed E-state index contributed by atoms with van der Waals surface area (Å²) in [6.07, 6.45) is 0. The molecule has 0 aromatic heterocycles. The van der Waals surface area contributed by atoms with E-state index in [2.05, 4.69) is 38.5 Å². The molecule has 1 heterocycles. The molecule has 1 aliphatic heterocycles. The fraction of sp³-hybridized carbons (Fsp3) is 0.500. The summed E-state index contributed by atoms with van der Waals surface area (Å²) in [5, 5.41) is 0. The van der Waals surface area contributed by atoms with E-state index in [1.807, 2.05) is 27.7 Å². The molecule has 2 rings (SSSR count). The van der Waals surface area contributed by atoms with E-state index in [1.165, 1.54) is 6.07 Å². The zero-order chi connectivity index (χ0) is 13.7. The lowest BCUT2D eigenvalue weighted by Gasteiger charge is -2.32. The minimum absolute atomic E-state index is 0.319. The second kappa shape index (κ2) is 4.72. The largest absolute Gasteiger partial charge is 0.499 e. The maximum Gasteiger partial charge on any atom is 0.499 e. The molecule has 1 saturated heterocycles. The zero-order valence-corrected chi connectivity index (χ0v) is 14.4. The maximum atomic E-state index is 14.0. The van der Waals surface area contributed by atoms with Crippen LogP contribution in [0.4, 0.5) is 4.39 Å². The van der Waals surface area contributed by atoms with Crippen LogP contribution in [0.5, 0.6) is 0 Å². The van der Waals surface area contributed by atoms with Gasteiger partial charge in [-0.25, -0.2) is 4.39 Å². The van der Waals surface area contributed by atoms with Crippen molar-refractivity contribution in [1.29, 1.82) is 0 Å². The van der Waals surface area contributed by atoms with Crippen molar-refractivity contribution in [1.82, 2.24) is 0 Å². The average molecular weight is 427 g/mol. The van der Waals surface area contributed by atoms with Gasteiger partial charge in [-0.3, -0.25) is 0 Å². The van der Waals surface area contributed by atoms with Gasteiger partial charge in [0.05, 0.1) is 11.2 Å². The van der Waals surface area contributed by atoms with Crippen LogP contribution in [-0.2, 0) is 9.31 Å². The molecule has 0 radical (unpaired) electrons. The molecule has 0 unspecified atom stereocenters. The van der Waals surface area contributed by atoms with Crippen LogP contribution in [0.1, 0.15) is 27.7 Å². The predicted molar refractivity (Wildman–Crippen MR) is 82.5 cm³/mol. The van der Waals surface area contributed by atoms with Crippen molar-refractivity contribution < 1.29 is 13.7 Å². The molecular formula is C12H14BBrFIO2. The van der Waals surface area contributed by atoms with Crippen LogP contribution in [0.25, 0.3) is 0 Å². The molecule has 2 nitrogen and oxygen atoms in total. The molecule has 0 bridgehead atoms. The van der Waals surface area contributed by atoms with Gasteiger partial charge in [0.2, 0.25) is 0 Å². The van der Waals surface area contributed by atoms with Gasteiger partial charge in [-0.05, 0) is 78.3 Å². The van der Waals surface area contributed by atoms with Crippen molar-refractivity contribution in [2.24, 2.45) is 0 Å². The van der Waals surface area contributed by atoms with Crippen molar-refractivity contribution in [3.63, 3.8) is 0 Å². The number of benzene rings is 1. The van der Waals surface area contributed by atoms with Crippen molar-refractivity contribution in [2.45, 2.75) is 38.9 Å². The average Bonchev–Trinajstić information content (AvgIpc) is 2.43. The summed E-state index contributed by atoms with van der Waals surface area (Å²) in [6.45, 7) is 7.80. The Labute approximate surface area is 129 Å². The van der Waals surface area contributed by atoms with E-state index < -0.39 is 18.3 Å². The van der Waals surface area contributed by atoms with Gasteiger partial charge >= 0.3 is 7.12 Å². The van der Waals surface area contributed by atoms with Gasteiger partial charge in [0.15, 0.2) is 0 Å². The molecule has 98 valence electrons. The van der Waals surface area contributed by atoms with Gasteiger partial charge < -0.3 is 9.31 Å². The Kier molecular flexibility index (Phi) is 3.86. The van der Waals surface area contributed by atoms with E-state index in [1.54, 1.807) is 6.07 Å². The first-order chi connectivity index (χ1) is 8.16. The van der Waals surface area contributed by atoms with Crippen molar-refractivity contribution in [3.05, 3.63) is 26.0 Å². The van der Waals surface area contributed by atoms with Crippen LogP contribution in [0, 0.1) is 9.39 Å². The van der Waals surface area contributed by atoms with E-state index in [0.717, 1.165) is 3.57 Å². The molecule has 0 atom stereocenters. The van der Waals surface area contributed by atoms with E-state index in [-0.39, 0.29) is 5.82 Å². The van der Waals surface area contributed by atoms with Crippen LogP contribution < -0.4 is 5.46 Å². The summed E-state index contributed by atoms with van der Waals surface area (Å²) in [7, 11) is -0.681. The van der Waals surface area contributed by atoms with Gasteiger partial charge in [-0.1, -0.05) is 0 Å². The third-order valence-corrected chi connectivity index (χ3v) is 6.06. The SMILES string of the molecule is CC1(C)OB(c2c(F)ccc(I)c2Br)OC1(C)C. The minimum Gasteiger partial charge on any atom is -0.399 e. The van der Waals surface area contributed by atoms with E-state index in [9.17, 15) is 4.39 Å². The highest BCUT2D eigenvalue weighted by atomic mass is 127. The third-order valence-electron chi connectivity index (χ3n) is 3.57. The first-order valence-corrected chi connectivity index (χ1v) is 7.52. The molecule has 1 aliphatic rings. The Balaban J connectivity index is 2.44. The van der Waals surface area contributed by atoms with Crippen LogP contribution in [-0.4, -0.2) is 18.3 Å². The molecule has 0 saturated carbocycles. The summed E-state index contributed by atoms with van der Waals surface area (Å²) < 4.78 is 27.4. The van der Waals surface area contributed by atoms with E-state index in [0.29, 0.717) is 9.94 Å². The van der Waals surface area contributed by atoms with Crippen LogP contribution in [0.2, 0.25) is 0 Å². The Hall–Kier alpha value is 0.345. The van der Waals surface area contributed by atoms with E-state index in [4.69, 9.17) is 9.31 Å². The molecular weight excluding hydrogens is 413 g/mol. The first-order valence-electron chi connectivity index (χ1n) is 5.65. The lowest BCUT2D eigenvalue weighted by molar-refractivity contribution is 0.00578. The monoisotopic (exact) mass is 426 g/mol. The summed E-state index contributed by atoms with van der Waals surface area (Å²) in [5.41, 5.74) is -0.504. The second-order valence-corrected chi connectivity index (χ2v) is 7.30. The smallest absolute Gasteiger partial charge is 0.399 e. The summed E-state index contributed by atoms with van der Waals surface area (Å²) in [6, 6.07) is 3.15. The maximum absolute atomic E-state index is 14.0. The Morgan fingerprint density at radius 3 is 2.17 bits per heavy atom. The van der Waals surface area contributed by atoms with Gasteiger partial charge in [0, 0.05) is 13.5 Å². The summed E-state index contributed by atoms with van der Waals surface area (Å²) in [5.74, 6) is -0.319. The van der Waals surface area contributed by atoms with E-state index >= 15 is 0 Å². The van der Waals surface area contributed by atoms with Gasteiger partial charge in [-0.15, -0.1) is 0 Å². The molecule has 1 aromatic rings. The molecule has 6 heteroatoms. The van der Waals surface area contributed by atoms with Crippen LogP contribution in [0.15, 0.2) is 16.6 Å². The number of rotatable bonds is 1. The first kappa shape index (κ1) is 14.7. The standard InChI is InChI=1S/C12H14BBrFIO2/c1-11(2)12(3,4)18-13(17-11)9-7(15)5-6-8(16)10(9)14/h5-6H,1-4H3. The van der Waals surface area contributed by atoms with Gasteiger partial charge in [-0.2, -0.15) is 0 Å². The molecule has 1 fully saturated rings. The number of hydrogen-bond donors (Lipinski definition) is 0. The van der Waals surface area contributed by atoms with Gasteiger partial charge in [0.25, 0.3) is 0 Å². The molecule has 0 spiro atoms. The van der Waals surface area contributed by atoms with Crippen molar-refractivity contribution in [3.8, 4) is 0 Å². The Morgan fingerprint density at radius 2 is 1.67 bits per heavy atom. The predicted octanol–water partition coefficient (Wildman–Crippen LogP) is 3.49. The van der Waals surface area contributed by atoms with Gasteiger partial charge in [0.1, 0.15) is 5.82 Å². The summed E-state index contributed by atoms with van der Waals surface area (Å²) >= 11 is 5.55. The Bertz CT molecular complexity index is 477. The highest BCUT2D eigenvalue weighted by Crippen LogP contribution is 2.37.